The smallest absolute Gasteiger partial charge is 0.220 e. The Hall–Kier alpha value is -2.57. The second-order valence-electron chi connectivity index (χ2n) is 7.64. The van der Waals surface area contributed by atoms with Crippen molar-refractivity contribution in [3.63, 3.8) is 0 Å². The number of rotatable bonds is 10. The van der Waals surface area contributed by atoms with Gasteiger partial charge >= 0.3 is 0 Å². The minimum atomic E-state index is -0.778. The van der Waals surface area contributed by atoms with E-state index >= 15 is 0 Å². The molecule has 0 spiro atoms. The number of carbonyl (C=O) groups is 1. The maximum Gasteiger partial charge on any atom is 0.220 e. The monoisotopic (exact) mass is 412 g/mol. The number of likely N-dealkylation sites (tertiary alicyclic amines) is 1. The molecule has 3 rings (SSSR count). The molecule has 162 valence electrons. The van der Waals surface area contributed by atoms with E-state index in [1.807, 2.05) is 18.2 Å². The topological polar surface area (TPSA) is 71.0 Å². The Morgan fingerprint density at radius 2 is 1.83 bits per heavy atom. The van der Waals surface area contributed by atoms with Crippen molar-refractivity contribution >= 4 is 5.91 Å². The van der Waals surface area contributed by atoms with E-state index in [9.17, 15) is 9.90 Å². The summed E-state index contributed by atoms with van der Waals surface area (Å²) in [5, 5.41) is 13.6. The van der Waals surface area contributed by atoms with Crippen LogP contribution in [0, 0.1) is 0 Å². The van der Waals surface area contributed by atoms with E-state index in [0.717, 1.165) is 13.1 Å². The lowest BCUT2D eigenvalue weighted by atomic mass is 10.0. The Labute approximate surface area is 178 Å². The van der Waals surface area contributed by atoms with Crippen LogP contribution in [-0.2, 0) is 4.79 Å². The van der Waals surface area contributed by atoms with Crippen molar-refractivity contribution in [2.45, 2.75) is 37.8 Å². The molecule has 1 saturated heterocycles. The van der Waals surface area contributed by atoms with Gasteiger partial charge in [0.25, 0.3) is 0 Å². The lowest BCUT2D eigenvalue weighted by Crippen LogP contribution is -2.36. The summed E-state index contributed by atoms with van der Waals surface area (Å²) in [5.74, 6) is 1.16. The van der Waals surface area contributed by atoms with Gasteiger partial charge in [0.1, 0.15) is 11.5 Å². The molecular weight excluding hydrogens is 380 g/mol. The van der Waals surface area contributed by atoms with Crippen molar-refractivity contribution in [3.05, 3.63) is 59.7 Å². The summed E-state index contributed by atoms with van der Waals surface area (Å²) in [4.78, 5) is 14.9. The van der Waals surface area contributed by atoms with Crippen molar-refractivity contribution in [1.82, 2.24) is 10.2 Å². The fourth-order valence-electron chi connectivity index (χ4n) is 4.00. The molecule has 6 nitrogen and oxygen atoms in total. The van der Waals surface area contributed by atoms with Gasteiger partial charge in [-0.25, -0.2) is 0 Å². The van der Waals surface area contributed by atoms with E-state index in [2.05, 4.69) is 22.3 Å². The summed E-state index contributed by atoms with van der Waals surface area (Å²) in [6.07, 6.45) is 2.20. The van der Waals surface area contributed by atoms with Crippen LogP contribution >= 0.6 is 0 Å². The molecular formula is C24H32N2O4. The molecule has 0 radical (unpaired) electrons. The van der Waals surface area contributed by atoms with Gasteiger partial charge < -0.3 is 19.9 Å². The number of ether oxygens (including phenoxy) is 2. The average molecular weight is 413 g/mol. The van der Waals surface area contributed by atoms with Crippen LogP contribution in [0.25, 0.3) is 0 Å². The number of benzene rings is 2. The van der Waals surface area contributed by atoms with Gasteiger partial charge in [-0.05, 0) is 50.0 Å². The largest absolute Gasteiger partial charge is 0.497 e. The number of nitrogens with zero attached hydrogens (tertiary/aromatic N) is 1. The highest BCUT2D eigenvalue weighted by atomic mass is 16.5. The predicted octanol–water partition coefficient (Wildman–Crippen LogP) is 3.47. The Bertz CT molecular complexity index is 806. The zero-order valence-electron chi connectivity index (χ0n) is 17.8. The summed E-state index contributed by atoms with van der Waals surface area (Å²) in [6.45, 7) is 2.70. The first kappa shape index (κ1) is 22.1. The van der Waals surface area contributed by atoms with Crippen molar-refractivity contribution in [3.8, 4) is 11.5 Å². The van der Waals surface area contributed by atoms with E-state index in [-0.39, 0.29) is 18.4 Å². The summed E-state index contributed by atoms with van der Waals surface area (Å²) < 4.78 is 10.5. The molecule has 2 aromatic carbocycles. The van der Waals surface area contributed by atoms with Crippen LogP contribution < -0.4 is 14.8 Å². The Morgan fingerprint density at radius 1 is 1.10 bits per heavy atom. The molecule has 0 bridgehead atoms. The number of methoxy groups -OCH3 is 2. The molecule has 1 heterocycles. The van der Waals surface area contributed by atoms with Crippen LogP contribution in [0.4, 0.5) is 0 Å². The van der Waals surface area contributed by atoms with Gasteiger partial charge in [0.2, 0.25) is 5.91 Å². The molecule has 0 saturated carbocycles. The molecule has 2 unspecified atom stereocenters. The van der Waals surface area contributed by atoms with E-state index in [1.54, 1.807) is 32.4 Å². The first-order valence-electron chi connectivity index (χ1n) is 10.6. The highest BCUT2D eigenvalue weighted by molar-refractivity contribution is 5.76. The van der Waals surface area contributed by atoms with Crippen molar-refractivity contribution < 1.29 is 19.4 Å². The Morgan fingerprint density at radius 3 is 2.50 bits per heavy atom. The minimum Gasteiger partial charge on any atom is -0.497 e. The van der Waals surface area contributed by atoms with Crippen molar-refractivity contribution in [2.24, 2.45) is 0 Å². The maximum absolute atomic E-state index is 12.5. The number of amides is 1. The quantitative estimate of drug-likeness (QED) is 0.625. The van der Waals surface area contributed by atoms with Crippen LogP contribution in [-0.4, -0.2) is 49.8 Å². The van der Waals surface area contributed by atoms with E-state index in [1.165, 1.54) is 18.4 Å². The molecule has 30 heavy (non-hydrogen) atoms. The molecule has 6 heteroatoms. The zero-order valence-corrected chi connectivity index (χ0v) is 17.8. The predicted molar refractivity (Wildman–Crippen MR) is 117 cm³/mol. The Balaban J connectivity index is 1.54. The van der Waals surface area contributed by atoms with Crippen molar-refractivity contribution in [2.75, 3.05) is 33.9 Å². The van der Waals surface area contributed by atoms with Gasteiger partial charge in [0, 0.05) is 24.6 Å². The molecule has 0 aromatic heterocycles. The number of nitrogens with one attached hydrogen (secondary N) is 1. The standard InChI is InChI=1S/C24H32N2O4/c1-29-19-10-11-20(23(16-19)30-2)22(27)12-13-24(28)25-17-21(26-14-6-7-15-26)18-8-4-3-5-9-18/h3-5,8-11,16,21-22,27H,6-7,12-15,17H2,1-2H3,(H,25,28). The second-order valence-corrected chi connectivity index (χ2v) is 7.64. The lowest BCUT2D eigenvalue weighted by Gasteiger charge is -2.28. The van der Waals surface area contributed by atoms with Crippen LogP contribution in [0.3, 0.4) is 0 Å². The second kappa shape index (κ2) is 11.0. The molecule has 2 aromatic rings. The third kappa shape index (κ3) is 5.74. The number of hydrogen-bond donors (Lipinski definition) is 2. The van der Waals surface area contributed by atoms with Gasteiger partial charge in [0.05, 0.1) is 26.4 Å². The molecule has 1 aliphatic rings. The molecule has 2 N–H and O–H groups in total. The molecule has 0 aliphatic carbocycles. The molecule has 1 aliphatic heterocycles. The van der Waals surface area contributed by atoms with Gasteiger partial charge in [-0.1, -0.05) is 30.3 Å². The number of aliphatic hydroxyl groups excluding tert-OH is 1. The third-order valence-corrected chi connectivity index (χ3v) is 5.70. The van der Waals surface area contributed by atoms with E-state index in [0.29, 0.717) is 30.0 Å². The van der Waals surface area contributed by atoms with Gasteiger partial charge in [0.15, 0.2) is 0 Å². The van der Waals surface area contributed by atoms with Gasteiger partial charge in [-0.3, -0.25) is 9.69 Å². The first-order chi connectivity index (χ1) is 14.6. The number of hydrogen-bond acceptors (Lipinski definition) is 5. The summed E-state index contributed by atoms with van der Waals surface area (Å²) >= 11 is 0. The van der Waals surface area contributed by atoms with Gasteiger partial charge in [-0.2, -0.15) is 0 Å². The lowest BCUT2D eigenvalue weighted by molar-refractivity contribution is -0.121. The molecule has 2 atom stereocenters. The highest BCUT2D eigenvalue weighted by Crippen LogP contribution is 2.31. The zero-order chi connectivity index (χ0) is 21.3. The van der Waals surface area contributed by atoms with E-state index in [4.69, 9.17) is 9.47 Å². The minimum absolute atomic E-state index is 0.0540. The van der Waals surface area contributed by atoms with Crippen LogP contribution in [0.15, 0.2) is 48.5 Å². The SMILES string of the molecule is COc1ccc(C(O)CCC(=O)NCC(c2ccccc2)N2CCCC2)c(OC)c1. The van der Waals surface area contributed by atoms with Crippen LogP contribution in [0.2, 0.25) is 0 Å². The van der Waals surface area contributed by atoms with Crippen LogP contribution in [0.5, 0.6) is 11.5 Å². The maximum atomic E-state index is 12.5. The van der Waals surface area contributed by atoms with Crippen LogP contribution in [0.1, 0.15) is 49.0 Å². The van der Waals surface area contributed by atoms with Gasteiger partial charge in [-0.15, -0.1) is 0 Å². The molecule has 1 fully saturated rings. The fourth-order valence-corrected chi connectivity index (χ4v) is 4.00. The average Bonchev–Trinajstić information content (AvgIpc) is 3.32. The number of carbonyl (C=O) groups excluding carboxylic acids is 1. The first-order valence-corrected chi connectivity index (χ1v) is 10.6. The normalized spacial score (nSPS) is 16.1. The fraction of sp³-hybridized carbons (Fsp3) is 0.458. The number of aliphatic hydroxyl groups is 1. The summed E-state index contributed by atoms with van der Waals surface area (Å²) in [7, 11) is 3.14. The van der Waals surface area contributed by atoms with E-state index < -0.39 is 6.10 Å². The summed E-state index contributed by atoms with van der Waals surface area (Å²) in [5.41, 5.74) is 1.88. The molecule has 1 amide bonds. The van der Waals surface area contributed by atoms with Crippen molar-refractivity contribution in [1.29, 1.82) is 0 Å². The highest BCUT2D eigenvalue weighted by Gasteiger charge is 2.24. The third-order valence-electron chi connectivity index (χ3n) is 5.70. The Kier molecular flexibility index (Phi) is 8.11. The summed E-state index contributed by atoms with van der Waals surface area (Å²) in [6, 6.07) is 15.8.